The Labute approximate surface area is 208 Å². The van der Waals surface area contributed by atoms with Crippen LogP contribution in [0.5, 0.6) is 0 Å². The first-order valence-electron chi connectivity index (χ1n) is 11.6. The number of para-hydroxylation sites is 1. The molecule has 2 aromatic rings. The third kappa shape index (κ3) is 7.80. The van der Waals surface area contributed by atoms with Crippen LogP contribution in [-0.2, 0) is 30.4 Å². The molecule has 3 amide bonds. The number of carbonyl (C=O) groups is 5. The Morgan fingerprint density at radius 2 is 1.61 bits per heavy atom. The molecule has 196 valence electrons. The Morgan fingerprint density at radius 3 is 2.22 bits per heavy atom. The first-order chi connectivity index (χ1) is 16.9. The average Bonchev–Trinajstić information content (AvgIpc) is 3.22. The largest absolute Gasteiger partial charge is 0.481 e. The lowest BCUT2D eigenvalue weighted by molar-refractivity contribution is -0.142. The van der Waals surface area contributed by atoms with Gasteiger partial charge in [-0.15, -0.1) is 0 Å². The second-order valence-corrected chi connectivity index (χ2v) is 8.96. The van der Waals surface area contributed by atoms with Gasteiger partial charge in [0.05, 0.1) is 6.04 Å². The Hall–Kier alpha value is -3.93. The number of aromatic amines is 1. The van der Waals surface area contributed by atoms with Crippen molar-refractivity contribution in [1.82, 2.24) is 20.9 Å². The van der Waals surface area contributed by atoms with Crippen LogP contribution in [0, 0.1) is 5.92 Å². The predicted octanol–water partition coefficient (Wildman–Crippen LogP) is 0.117. The molecule has 0 aliphatic carbocycles. The van der Waals surface area contributed by atoms with Crippen LogP contribution in [0.3, 0.4) is 0 Å². The van der Waals surface area contributed by atoms with Crippen molar-refractivity contribution < 1.29 is 34.2 Å². The summed E-state index contributed by atoms with van der Waals surface area (Å²) in [4.78, 5) is 63.4. The van der Waals surface area contributed by atoms with Crippen molar-refractivity contribution >= 4 is 40.6 Å². The van der Waals surface area contributed by atoms with Gasteiger partial charge in [0.25, 0.3) is 0 Å². The summed E-state index contributed by atoms with van der Waals surface area (Å²) in [6.07, 6.45) is 1.33. The van der Waals surface area contributed by atoms with Crippen molar-refractivity contribution in [3.05, 3.63) is 36.0 Å². The Kier molecular flexibility index (Phi) is 9.97. The van der Waals surface area contributed by atoms with E-state index in [1.165, 1.54) is 6.92 Å². The zero-order valence-corrected chi connectivity index (χ0v) is 20.4. The van der Waals surface area contributed by atoms with Crippen LogP contribution in [0.15, 0.2) is 30.5 Å². The van der Waals surface area contributed by atoms with Gasteiger partial charge >= 0.3 is 11.9 Å². The number of rotatable bonds is 13. The van der Waals surface area contributed by atoms with Gasteiger partial charge in [-0.3, -0.25) is 19.2 Å². The van der Waals surface area contributed by atoms with Gasteiger partial charge in [0.1, 0.15) is 18.1 Å². The smallest absolute Gasteiger partial charge is 0.326 e. The van der Waals surface area contributed by atoms with Crippen molar-refractivity contribution in [2.24, 2.45) is 11.7 Å². The summed E-state index contributed by atoms with van der Waals surface area (Å²) in [6.45, 7) is 4.76. The monoisotopic (exact) mass is 503 g/mol. The van der Waals surface area contributed by atoms with Gasteiger partial charge < -0.3 is 36.9 Å². The number of aliphatic carboxylic acids is 2. The molecule has 4 unspecified atom stereocenters. The summed E-state index contributed by atoms with van der Waals surface area (Å²) in [6, 6.07) is 2.91. The zero-order valence-electron chi connectivity index (χ0n) is 20.4. The molecule has 8 N–H and O–H groups in total. The van der Waals surface area contributed by atoms with Crippen LogP contribution >= 0.6 is 0 Å². The molecule has 0 radical (unpaired) electrons. The number of benzene rings is 1. The normalized spacial score (nSPS) is 14.5. The van der Waals surface area contributed by atoms with Crippen LogP contribution < -0.4 is 21.7 Å². The number of fused-ring (bicyclic) bond motifs is 1. The molecule has 12 heteroatoms. The third-order valence-electron chi connectivity index (χ3n) is 5.72. The lowest BCUT2D eigenvalue weighted by Crippen LogP contribution is -2.58. The van der Waals surface area contributed by atoms with E-state index in [0.717, 1.165) is 16.5 Å². The molecule has 36 heavy (non-hydrogen) atoms. The number of carboxylic acid groups (broad SMARTS) is 2. The highest BCUT2D eigenvalue weighted by atomic mass is 16.4. The van der Waals surface area contributed by atoms with E-state index < -0.39 is 59.7 Å². The topological polar surface area (TPSA) is 204 Å². The number of H-pyrrole nitrogens is 1. The summed E-state index contributed by atoms with van der Waals surface area (Å²) in [5.74, 6) is -4.77. The second-order valence-electron chi connectivity index (χ2n) is 8.96. The van der Waals surface area contributed by atoms with Crippen LogP contribution in [-0.4, -0.2) is 69.0 Å². The maximum atomic E-state index is 13.0. The fraction of sp³-hybridized carbons (Fsp3) is 0.458. The number of aromatic nitrogens is 1. The summed E-state index contributed by atoms with van der Waals surface area (Å²) in [5.41, 5.74) is 7.22. The number of amides is 3. The quantitative estimate of drug-likeness (QED) is 0.199. The highest BCUT2D eigenvalue weighted by Crippen LogP contribution is 2.19. The summed E-state index contributed by atoms with van der Waals surface area (Å²) < 4.78 is 0. The van der Waals surface area contributed by atoms with E-state index in [9.17, 15) is 29.1 Å². The van der Waals surface area contributed by atoms with E-state index in [4.69, 9.17) is 10.8 Å². The average molecular weight is 504 g/mol. The molecule has 0 saturated heterocycles. The van der Waals surface area contributed by atoms with E-state index >= 15 is 0 Å². The molecule has 0 aliphatic rings. The molecule has 0 fully saturated rings. The molecule has 12 nitrogen and oxygen atoms in total. The van der Waals surface area contributed by atoms with Gasteiger partial charge in [-0.25, -0.2) is 4.79 Å². The number of hydrogen-bond acceptors (Lipinski definition) is 6. The van der Waals surface area contributed by atoms with Gasteiger partial charge in [-0.05, 0) is 30.9 Å². The molecule has 0 bridgehead atoms. The minimum absolute atomic E-state index is 0.0323. The fourth-order valence-electron chi connectivity index (χ4n) is 3.59. The number of carboxylic acids is 2. The number of nitrogens with two attached hydrogens (primary N) is 1. The molecular formula is C24H33N5O7. The summed E-state index contributed by atoms with van der Waals surface area (Å²) in [7, 11) is 0. The first-order valence-corrected chi connectivity index (χ1v) is 11.6. The van der Waals surface area contributed by atoms with Crippen LogP contribution in [0.2, 0.25) is 0 Å². The van der Waals surface area contributed by atoms with Gasteiger partial charge in [0, 0.05) is 29.9 Å². The van der Waals surface area contributed by atoms with Crippen molar-refractivity contribution in [2.45, 2.75) is 64.2 Å². The Morgan fingerprint density at radius 1 is 0.944 bits per heavy atom. The van der Waals surface area contributed by atoms with Crippen molar-refractivity contribution in [3.63, 3.8) is 0 Å². The van der Waals surface area contributed by atoms with Crippen molar-refractivity contribution in [3.8, 4) is 0 Å². The highest BCUT2D eigenvalue weighted by molar-refractivity contribution is 5.94. The van der Waals surface area contributed by atoms with E-state index in [2.05, 4.69) is 20.9 Å². The molecule has 4 atom stereocenters. The van der Waals surface area contributed by atoms with Crippen LogP contribution in [0.4, 0.5) is 0 Å². The Balaban J connectivity index is 2.02. The van der Waals surface area contributed by atoms with E-state index in [1.54, 1.807) is 20.0 Å². The maximum absolute atomic E-state index is 13.0. The highest BCUT2D eigenvalue weighted by Gasteiger charge is 2.31. The van der Waals surface area contributed by atoms with Crippen LogP contribution in [0.25, 0.3) is 10.9 Å². The lowest BCUT2D eigenvalue weighted by atomic mass is 10.0. The van der Waals surface area contributed by atoms with E-state index in [-0.39, 0.29) is 19.3 Å². The van der Waals surface area contributed by atoms with Crippen molar-refractivity contribution in [2.75, 3.05) is 0 Å². The molecule has 1 aromatic heterocycles. The van der Waals surface area contributed by atoms with E-state index in [1.807, 2.05) is 24.3 Å². The fourth-order valence-corrected chi connectivity index (χ4v) is 3.59. The van der Waals surface area contributed by atoms with Crippen LogP contribution in [0.1, 0.15) is 39.2 Å². The molecule has 0 aliphatic heterocycles. The maximum Gasteiger partial charge on any atom is 0.326 e. The predicted molar refractivity (Wildman–Crippen MR) is 131 cm³/mol. The minimum atomic E-state index is -1.24. The molecule has 0 saturated carbocycles. The molecule has 1 aromatic carbocycles. The number of hydrogen-bond donors (Lipinski definition) is 7. The van der Waals surface area contributed by atoms with E-state index in [0.29, 0.717) is 0 Å². The molecule has 1 heterocycles. The van der Waals surface area contributed by atoms with Gasteiger partial charge in [0.2, 0.25) is 17.7 Å². The Bertz CT molecular complexity index is 1110. The first kappa shape index (κ1) is 28.3. The molecule has 2 rings (SSSR count). The lowest BCUT2D eigenvalue weighted by Gasteiger charge is -2.26. The summed E-state index contributed by atoms with van der Waals surface area (Å²) in [5, 5.41) is 26.7. The zero-order chi connectivity index (χ0) is 27.0. The molecular weight excluding hydrogens is 470 g/mol. The van der Waals surface area contributed by atoms with Crippen molar-refractivity contribution in [1.29, 1.82) is 0 Å². The summed E-state index contributed by atoms with van der Waals surface area (Å²) >= 11 is 0. The second kappa shape index (κ2) is 12.7. The standard InChI is InChI=1S/C24H33N5O7/c1-12(2)20(29-21(32)13(3)27-22(33)16(25)8-9-19(30)31)23(34)28-18(24(35)36)10-14-11-26-17-7-5-4-6-15(14)17/h4-7,11-13,16,18,20,26H,8-10,25H2,1-3H3,(H,27,33)(H,28,34)(H,29,32)(H,30,31)(H,35,36). The minimum Gasteiger partial charge on any atom is -0.481 e. The van der Waals surface area contributed by atoms with Gasteiger partial charge in [0.15, 0.2) is 0 Å². The molecule has 0 spiro atoms. The van der Waals surface area contributed by atoms with Gasteiger partial charge in [-0.2, -0.15) is 0 Å². The van der Waals surface area contributed by atoms with Gasteiger partial charge in [-0.1, -0.05) is 32.0 Å². The third-order valence-corrected chi connectivity index (χ3v) is 5.72. The number of nitrogens with one attached hydrogen (secondary N) is 4. The SMILES string of the molecule is CC(NC(=O)C(N)CCC(=O)O)C(=O)NC(C(=O)NC(Cc1c[nH]c2ccccc12)C(=O)O)C(C)C. The number of carbonyl (C=O) groups excluding carboxylic acids is 3.